The molecule has 0 saturated heterocycles. The summed E-state index contributed by atoms with van der Waals surface area (Å²) in [5.41, 5.74) is 1.74. The van der Waals surface area contributed by atoms with Crippen molar-refractivity contribution in [3.8, 4) is 17.2 Å². The summed E-state index contributed by atoms with van der Waals surface area (Å²) in [6, 6.07) is 11.6. The lowest BCUT2D eigenvalue weighted by Gasteiger charge is -2.33. The van der Waals surface area contributed by atoms with Crippen LogP contribution in [0.5, 0.6) is 17.2 Å². The van der Waals surface area contributed by atoms with Gasteiger partial charge < -0.3 is 28.6 Å². The van der Waals surface area contributed by atoms with Gasteiger partial charge in [0.15, 0.2) is 11.5 Å². The highest BCUT2D eigenvalue weighted by Gasteiger charge is 2.34. The number of fused-ring (bicyclic) bond motifs is 7. The number of hydrogen-bond acceptors (Lipinski definition) is 7. The Morgan fingerprint density at radius 2 is 1.78 bits per heavy atom. The number of hydrogen-bond donors (Lipinski definition) is 0. The molecule has 169 valence electrons. The summed E-state index contributed by atoms with van der Waals surface area (Å²) in [5, 5.41) is 0. The monoisotopic (exact) mass is 439 g/mol. The minimum absolute atomic E-state index is 0.220. The molecule has 0 aromatic heterocycles. The van der Waals surface area contributed by atoms with Crippen LogP contribution in [-0.2, 0) is 31.8 Å². The second-order valence-corrected chi connectivity index (χ2v) is 7.65. The van der Waals surface area contributed by atoms with Crippen LogP contribution in [0, 0.1) is 0 Å². The highest BCUT2D eigenvalue weighted by molar-refractivity contribution is 6.24. The Balaban J connectivity index is 2.09. The second-order valence-electron chi connectivity index (χ2n) is 7.65. The minimum atomic E-state index is -0.809. The van der Waals surface area contributed by atoms with Gasteiger partial charge in [0.05, 0.1) is 20.3 Å². The fraction of sp³-hybridized carbons (Fsp3) is 0.391. The highest BCUT2D eigenvalue weighted by atomic mass is 16.5. The number of amides is 1. The number of carbonyl (C=O) groups excluding carboxylic acids is 2. The number of likely N-dealkylation sites (N-methyl/N-ethyl adjacent to an activating group) is 2. The van der Waals surface area contributed by atoms with E-state index in [2.05, 4.69) is 0 Å². The van der Waals surface area contributed by atoms with Gasteiger partial charge in [0.1, 0.15) is 11.8 Å². The zero-order valence-corrected chi connectivity index (χ0v) is 19.0. The summed E-state index contributed by atoms with van der Waals surface area (Å²) in [6.45, 7) is 0. The second kappa shape index (κ2) is 10.5. The number of carbonyl (C=O) groups is 2. The van der Waals surface area contributed by atoms with E-state index >= 15 is 0 Å². The van der Waals surface area contributed by atoms with Crippen molar-refractivity contribution in [1.29, 1.82) is 0 Å². The number of rotatable bonds is 5. The Morgan fingerprint density at radius 1 is 1.09 bits per heavy atom. The molecular weight excluding hydrogens is 411 g/mol. The Labute approximate surface area is 189 Å². The van der Waals surface area contributed by atoms with Gasteiger partial charge in [-0.2, -0.15) is 0 Å². The third-order valence-corrected chi connectivity index (χ3v) is 5.57. The molecule has 1 radical (unpaired) electrons. The van der Waals surface area contributed by atoms with Gasteiger partial charge in [0.2, 0.25) is 5.91 Å². The molecule has 0 saturated carbocycles. The quantitative estimate of drug-likeness (QED) is 0.522. The van der Waals surface area contributed by atoms with Crippen molar-refractivity contribution in [1.82, 2.24) is 9.71 Å². The third-order valence-electron chi connectivity index (χ3n) is 5.57. The van der Waals surface area contributed by atoms with Crippen LogP contribution in [0.4, 0.5) is 0 Å². The predicted molar refractivity (Wildman–Crippen MR) is 120 cm³/mol. The Bertz CT molecular complexity index is 952. The molecule has 8 nitrogen and oxygen atoms in total. The number of nitrogens with zero attached hydrogens (tertiary/aromatic N) is 2. The number of benzene rings is 2. The zero-order chi connectivity index (χ0) is 23.3. The molecule has 0 aliphatic carbocycles. The number of ether oxygens (including phenoxy) is 3. The van der Waals surface area contributed by atoms with Gasteiger partial charge in [-0.25, -0.2) is 4.79 Å². The fourth-order valence-corrected chi connectivity index (χ4v) is 3.74. The van der Waals surface area contributed by atoms with E-state index in [0.717, 1.165) is 11.1 Å². The van der Waals surface area contributed by atoms with Crippen LogP contribution in [0.3, 0.4) is 0 Å². The van der Waals surface area contributed by atoms with Crippen LogP contribution >= 0.6 is 0 Å². The normalized spacial score (nSPS) is 18.7. The molecule has 2 aromatic carbocycles. The van der Waals surface area contributed by atoms with Gasteiger partial charge in [0.25, 0.3) is 0 Å². The van der Waals surface area contributed by atoms with E-state index < -0.39 is 18.1 Å². The minimum Gasteiger partial charge on any atom is -0.493 e. The van der Waals surface area contributed by atoms with Crippen molar-refractivity contribution in [2.24, 2.45) is 0 Å². The first-order chi connectivity index (χ1) is 15.4. The first-order valence-electron chi connectivity index (χ1n) is 10.2. The van der Waals surface area contributed by atoms with Crippen molar-refractivity contribution in [3.63, 3.8) is 0 Å². The smallest absolute Gasteiger partial charge is 0.399 e. The molecular formula is C23H28BN2O6. The molecule has 2 aliphatic heterocycles. The lowest BCUT2D eigenvalue weighted by atomic mass is 9.97. The molecule has 2 atom stereocenters. The van der Waals surface area contributed by atoms with Crippen LogP contribution < -0.4 is 9.47 Å². The summed E-state index contributed by atoms with van der Waals surface area (Å²) < 4.78 is 21.6. The standard InChI is InChI=1S/C23H28BN2O6/c1-25-19(23(28)30-4)13-16-8-11-20(29-3)21(14-16)32-17-9-6-15(7-10-17)12-18(22(25)27)26(2)24-31-5/h6-11,14,18-19H,12-13H2,1-5H3/t18-,19-/m0/s1. The average molecular weight is 439 g/mol. The maximum Gasteiger partial charge on any atom is 0.399 e. The highest BCUT2D eigenvalue weighted by Crippen LogP contribution is 2.33. The first-order valence-corrected chi connectivity index (χ1v) is 10.2. The van der Waals surface area contributed by atoms with Crippen molar-refractivity contribution < 1.29 is 28.5 Å². The van der Waals surface area contributed by atoms with E-state index in [-0.39, 0.29) is 12.3 Å². The van der Waals surface area contributed by atoms with E-state index in [4.69, 9.17) is 18.9 Å². The van der Waals surface area contributed by atoms with Gasteiger partial charge >= 0.3 is 13.6 Å². The Hall–Kier alpha value is -3.04. The van der Waals surface area contributed by atoms with Crippen molar-refractivity contribution in [3.05, 3.63) is 53.6 Å². The van der Waals surface area contributed by atoms with Crippen LogP contribution in [0.1, 0.15) is 11.1 Å². The third kappa shape index (κ3) is 5.23. The molecule has 4 rings (SSSR count). The maximum atomic E-state index is 13.6. The van der Waals surface area contributed by atoms with Crippen LogP contribution in [0.15, 0.2) is 42.5 Å². The molecule has 9 heteroatoms. The van der Waals surface area contributed by atoms with E-state index in [0.29, 0.717) is 23.7 Å². The summed E-state index contributed by atoms with van der Waals surface area (Å²) in [6.07, 6.45) is 0.680. The largest absolute Gasteiger partial charge is 0.493 e. The molecule has 0 N–H and O–H groups in total. The van der Waals surface area contributed by atoms with Gasteiger partial charge in [-0.05, 0) is 48.9 Å². The SMILES string of the molecule is CO[B]N(C)[C@H]1Cc2ccc(cc2)Oc2cc(ccc2OC)C[C@@H](C(=O)OC)N(C)C1=O. The number of methoxy groups -OCH3 is 2. The topological polar surface area (TPSA) is 77.5 Å². The Morgan fingerprint density at radius 3 is 2.41 bits per heavy atom. The van der Waals surface area contributed by atoms with Crippen LogP contribution in [0.2, 0.25) is 0 Å². The van der Waals surface area contributed by atoms with Crippen molar-refractivity contribution >= 4 is 19.5 Å². The van der Waals surface area contributed by atoms with Gasteiger partial charge in [-0.3, -0.25) is 4.79 Å². The van der Waals surface area contributed by atoms with Crippen LogP contribution in [-0.4, -0.2) is 76.7 Å². The maximum absolute atomic E-state index is 13.6. The van der Waals surface area contributed by atoms with E-state index in [1.807, 2.05) is 36.4 Å². The molecule has 0 fully saturated rings. The summed E-state index contributed by atoms with van der Waals surface area (Å²) >= 11 is 0. The van der Waals surface area contributed by atoms with Gasteiger partial charge in [0, 0.05) is 20.6 Å². The number of esters is 1. The molecule has 2 heterocycles. The summed E-state index contributed by atoms with van der Waals surface area (Å²) in [5.74, 6) is 1.03. The molecule has 0 spiro atoms. The average Bonchev–Trinajstić information content (AvgIpc) is 2.80. The van der Waals surface area contributed by atoms with E-state index in [1.165, 1.54) is 26.7 Å². The molecule has 0 unspecified atom stereocenters. The zero-order valence-electron chi connectivity index (χ0n) is 19.0. The van der Waals surface area contributed by atoms with Gasteiger partial charge in [-0.1, -0.05) is 18.2 Å². The molecule has 1 amide bonds. The molecule has 2 aliphatic rings. The molecule has 2 aromatic rings. The fourth-order valence-electron chi connectivity index (χ4n) is 3.74. The lowest BCUT2D eigenvalue weighted by Crippen LogP contribution is -2.54. The summed E-state index contributed by atoms with van der Waals surface area (Å²) in [7, 11) is 9.29. The molecule has 4 bridgehead atoms. The Kier molecular flexibility index (Phi) is 7.77. The van der Waals surface area contributed by atoms with Crippen LogP contribution in [0.25, 0.3) is 0 Å². The van der Waals surface area contributed by atoms with Crippen molar-refractivity contribution in [2.45, 2.75) is 24.9 Å². The predicted octanol–water partition coefficient (Wildman–Crippen LogP) is 2.07. The van der Waals surface area contributed by atoms with Crippen molar-refractivity contribution in [2.75, 3.05) is 35.4 Å². The molecule has 32 heavy (non-hydrogen) atoms. The van der Waals surface area contributed by atoms with Gasteiger partial charge in [-0.15, -0.1) is 0 Å². The van der Waals surface area contributed by atoms with E-state index in [1.54, 1.807) is 32.1 Å². The lowest BCUT2D eigenvalue weighted by molar-refractivity contribution is -0.153. The summed E-state index contributed by atoms with van der Waals surface area (Å²) in [4.78, 5) is 29.4. The first kappa shape index (κ1) is 23.6. The van der Waals surface area contributed by atoms with E-state index in [9.17, 15) is 9.59 Å².